The number of nitrogens with zero attached hydrogens (tertiary/aromatic N) is 3. The standard InChI is InChI=1S/C30H34BrN3O/c31-28-15-13-24(14-16-28)22-32-17-7-12-27(23-32)30(35)34-20-18-33(19-21-34)29(25-8-3-1-4-9-25)26-10-5-2-6-11-26/h1-6,8-11,13-16,27,29H,7,12,17-23H2. The Kier molecular flexibility index (Phi) is 7.97. The average molecular weight is 533 g/mol. The second-order valence-corrected chi connectivity index (χ2v) is 10.7. The van der Waals surface area contributed by atoms with E-state index in [-0.39, 0.29) is 12.0 Å². The summed E-state index contributed by atoms with van der Waals surface area (Å²) >= 11 is 3.52. The number of halogens is 1. The van der Waals surface area contributed by atoms with E-state index in [0.717, 1.165) is 63.1 Å². The van der Waals surface area contributed by atoms with E-state index in [1.807, 2.05) is 0 Å². The van der Waals surface area contributed by atoms with Crippen LogP contribution >= 0.6 is 15.9 Å². The molecule has 0 saturated carbocycles. The summed E-state index contributed by atoms with van der Waals surface area (Å²) in [5.74, 6) is 0.464. The van der Waals surface area contributed by atoms with Crippen molar-refractivity contribution in [3.05, 3.63) is 106 Å². The van der Waals surface area contributed by atoms with E-state index in [0.29, 0.717) is 5.91 Å². The molecule has 5 rings (SSSR count). The van der Waals surface area contributed by atoms with E-state index in [2.05, 4.69) is 116 Å². The molecule has 2 aliphatic rings. The SMILES string of the molecule is O=C(C1CCCN(Cc2ccc(Br)cc2)C1)N1CCN(C(c2ccccc2)c2ccccc2)CC1. The van der Waals surface area contributed by atoms with Gasteiger partial charge in [-0.15, -0.1) is 0 Å². The van der Waals surface area contributed by atoms with E-state index in [9.17, 15) is 4.79 Å². The van der Waals surface area contributed by atoms with Crippen LogP contribution in [0.4, 0.5) is 0 Å². The number of carbonyl (C=O) groups is 1. The van der Waals surface area contributed by atoms with Gasteiger partial charge in [0.1, 0.15) is 0 Å². The summed E-state index contributed by atoms with van der Waals surface area (Å²) in [4.78, 5) is 20.6. The molecule has 0 radical (unpaired) electrons. The lowest BCUT2D eigenvalue weighted by Crippen LogP contribution is -2.53. The van der Waals surface area contributed by atoms with Crippen LogP contribution in [0.2, 0.25) is 0 Å². The Hall–Kier alpha value is -2.47. The zero-order valence-electron chi connectivity index (χ0n) is 20.2. The minimum absolute atomic E-state index is 0.116. The molecule has 1 unspecified atom stereocenters. The van der Waals surface area contributed by atoms with E-state index < -0.39 is 0 Å². The van der Waals surface area contributed by atoms with Crippen molar-refractivity contribution >= 4 is 21.8 Å². The van der Waals surface area contributed by atoms with Gasteiger partial charge in [-0.2, -0.15) is 0 Å². The van der Waals surface area contributed by atoms with Crippen molar-refractivity contribution in [2.75, 3.05) is 39.3 Å². The molecule has 182 valence electrons. The van der Waals surface area contributed by atoms with Crippen molar-refractivity contribution in [1.82, 2.24) is 14.7 Å². The van der Waals surface area contributed by atoms with E-state index in [1.54, 1.807) is 0 Å². The molecule has 0 aliphatic carbocycles. The number of rotatable bonds is 6. The van der Waals surface area contributed by atoms with Crippen LogP contribution in [0.15, 0.2) is 89.4 Å². The number of hydrogen-bond acceptors (Lipinski definition) is 3. The Balaban J connectivity index is 1.20. The summed E-state index contributed by atoms with van der Waals surface area (Å²) in [5, 5.41) is 0. The van der Waals surface area contributed by atoms with E-state index in [4.69, 9.17) is 0 Å². The highest BCUT2D eigenvalue weighted by Crippen LogP contribution is 2.30. The quantitative estimate of drug-likeness (QED) is 0.414. The molecule has 5 heteroatoms. The highest BCUT2D eigenvalue weighted by atomic mass is 79.9. The molecule has 1 amide bonds. The lowest BCUT2D eigenvalue weighted by atomic mass is 9.94. The molecule has 1 atom stereocenters. The minimum Gasteiger partial charge on any atom is -0.340 e. The normalized spacial score (nSPS) is 19.7. The van der Waals surface area contributed by atoms with Crippen LogP contribution in [-0.4, -0.2) is 59.9 Å². The Morgan fingerprint density at radius 1 is 0.800 bits per heavy atom. The largest absolute Gasteiger partial charge is 0.340 e. The smallest absolute Gasteiger partial charge is 0.227 e. The van der Waals surface area contributed by atoms with Crippen molar-refractivity contribution in [1.29, 1.82) is 0 Å². The van der Waals surface area contributed by atoms with Crippen molar-refractivity contribution in [3.63, 3.8) is 0 Å². The highest BCUT2D eigenvalue weighted by Gasteiger charge is 2.33. The van der Waals surface area contributed by atoms with Crippen LogP contribution in [0.5, 0.6) is 0 Å². The zero-order chi connectivity index (χ0) is 24.0. The zero-order valence-corrected chi connectivity index (χ0v) is 21.8. The summed E-state index contributed by atoms with van der Waals surface area (Å²) < 4.78 is 1.11. The molecule has 3 aromatic rings. The summed E-state index contributed by atoms with van der Waals surface area (Å²) in [6.45, 7) is 6.26. The number of amides is 1. The Labute approximate surface area is 217 Å². The Bertz CT molecular complexity index is 1040. The molecule has 2 saturated heterocycles. The Morgan fingerprint density at radius 2 is 1.40 bits per heavy atom. The molecule has 0 spiro atoms. The van der Waals surface area contributed by atoms with Gasteiger partial charge >= 0.3 is 0 Å². The average Bonchev–Trinajstić information content (AvgIpc) is 2.92. The lowest BCUT2D eigenvalue weighted by Gasteiger charge is -2.42. The van der Waals surface area contributed by atoms with Gasteiger partial charge < -0.3 is 4.90 Å². The van der Waals surface area contributed by atoms with Crippen molar-refractivity contribution in [3.8, 4) is 0 Å². The molecule has 3 aromatic carbocycles. The molecular weight excluding hydrogens is 498 g/mol. The van der Waals surface area contributed by atoms with Crippen LogP contribution in [-0.2, 0) is 11.3 Å². The van der Waals surface area contributed by atoms with Crippen LogP contribution in [0.1, 0.15) is 35.6 Å². The van der Waals surface area contributed by atoms with Gasteiger partial charge in [-0.1, -0.05) is 88.7 Å². The van der Waals surface area contributed by atoms with E-state index in [1.165, 1.54) is 16.7 Å². The first-order valence-electron chi connectivity index (χ1n) is 12.8. The number of carbonyl (C=O) groups excluding carboxylic acids is 1. The van der Waals surface area contributed by atoms with Gasteiger partial charge in [-0.05, 0) is 48.2 Å². The molecule has 35 heavy (non-hydrogen) atoms. The third kappa shape index (κ3) is 6.03. The third-order valence-corrected chi connectivity index (χ3v) is 7.92. The summed E-state index contributed by atoms with van der Waals surface area (Å²) in [5.41, 5.74) is 3.94. The number of hydrogen-bond donors (Lipinski definition) is 0. The molecule has 0 aromatic heterocycles. The molecule has 2 fully saturated rings. The van der Waals surface area contributed by atoms with Crippen molar-refractivity contribution in [2.45, 2.75) is 25.4 Å². The van der Waals surface area contributed by atoms with Gasteiger partial charge in [-0.3, -0.25) is 14.6 Å². The van der Waals surface area contributed by atoms with Gasteiger partial charge in [0.2, 0.25) is 5.91 Å². The minimum atomic E-state index is 0.116. The number of benzene rings is 3. The highest BCUT2D eigenvalue weighted by molar-refractivity contribution is 9.10. The molecular formula is C30H34BrN3O. The van der Waals surface area contributed by atoms with Crippen molar-refractivity contribution < 1.29 is 4.79 Å². The number of likely N-dealkylation sites (tertiary alicyclic amines) is 1. The first kappa shape index (κ1) is 24.2. The Morgan fingerprint density at radius 3 is 2.00 bits per heavy atom. The number of piperazine rings is 1. The maximum absolute atomic E-state index is 13.5. The van der Waals surface area contributed by atoms with Crippen LogP contribution < -0.4 is 0 Å². The first-order valence-corrected chi connectivity index (χ1v) is 13.6. The van der Waals surface area contributed by atoms with Crippen LogP contribution in [0.3, 0.4) is 0 Å². The molecule has 0 bridgehead atoms. The molecule has 0 N–H and O–H groups in total. The maximum atomic E-state index is 13.5. The van der Waals surface area contributed by atoms with Gasteiger partial charge in [0.15, 0.2) is 0 Å². The second-order valence-electron chi connectivity index (χ2n) is 9.79. The maximum Gasteiger partial charge on any atom is 0.227 e. The van der Waals surface area contributed by atoms with Gasteiger partial charge in [0.25, 0.3) is 0 Å². The predicted octanol–water partition coefficient (Wildman–Crippen LogP) is 5.59. The summed E-state index contributed by atoms with van der Waals surface area (Å²) in [7, 11) is 0. The topological polar surface area (TPSA) is 26.8 Å². The monoisotopic (exact) mass is 531 g/mol. The molecule has 2 heterocycles. The van der Waals surface area contributed by atoms with Gasteiger partial charge in [0.05, 0.1) is 12.0 Å². The lowest BCUT2D eigenvalue weighted by molar-refractivity contribution is -0.139. The fourth-order valence-electron chi connectivity index (χ4n) is 5.59. The number of piperidine rings is 1. The van der Waals surface area contributed by atoms with Crippen LogP contribution in [0.25, 0.3) is 0 Å². The molecule has 4 nitrogen and oxygen atoms in total. The summed E-state index contributed by atoms with van der Waals surface area (Å²) in [6.07, 6.45) is 2.10. The van der Waals surface area contributed by atoms with E-state index >= 15 is 0 Å². The van der Waals surface area contributed by atoms with Crippen LogP contribution in [0, 0.1) is 5.92 Å². The molecule has 2 aliphatic heterocycles. The predicted molar refractivity (Wildman–Crippen MR) is 145 cm³/mol. The van der Waals surface area contributed by atoms with Gasteiger partial charge in [0, 0.05) is 43.7 Å². The first-order chi connectivity index (χ1) is 17.2. The fraction of sp³-hybridized carbons (Fsp3) is 0.367. The van der Waals surface area contributed by atoms with Crippen molar-refractivity contribution in [2.24, 2.45) is 5.92 Å². The second kappa shape index (κ2) is 11.5. The fourth-order valence-corrected chi connectivity index (χ4v) is 5.86. The summed E-state index contributed by atoms with van der Waals surface area (Å²) in [6, 6.07) is 30.3. The third-order valence-electron chi connectivity index (χ3n) is 7.40. The van der Waals surface area contributed by atoms with Gasteiger partial charge in [-0.25, -0.2) is 0 Å².